The Balaban J connectivity index is 2.77. The number of aromatic nitrogens is 2. The van der Waals surface area contributed by atoms with Crippen LogP contribution in [0.15, 0.2) is 12.4 Å². The van der Waals surface area contributed by atoms with E-state index in [4.69, 9.17) is 0 Å². The minimum Gasteiger partial charge on any atom is -0.423 e. The molecule has 6 heteroatoms. The summed E-state index contributed by atoms with van der Waals surface area (Å²) in [5, 5.41) is 11.9. The van der Waals surface area contributed by atoms with Crippen molar-refractivity contribution in [3.05, 3.63) is 12.4 Å². The summed E-state index contributed by atoms with van der Waals surface area (Å²) in [6.45, 7) is 0. The number of hydrogen-bond donors (Lipinski definition) is 2. The van der Waals surface area contributed by atoms with Gasteiger partial charge in [0, 0.05) is 32.0 Å². The van der Waals surface area contributed by atoms with Crippen molar-refractivity contribution in [3.8, 4) is 0 Å². The maximum atomic E-state index is 9.17. The quantitative estimate of drug-likeness (QED) is 0.556. The third kappa shape index (κ3) is 1.93. The van der Waals surface area contributed by atoms with Gasteiger partial charge in [0.05, 0.1) is 0 Å². The highest BCUT2D eigenvalue weighted by Gasteiger charge is 2.14. The summed E-state index contributed by atoms with van der Waals surface area (Å²) in [4.78, 5) is 7.81. The van der Waals surface area contributed by atoms with Gasteiger partial charge >= 0.3 is 7.12 Å². The summed E-state index contributed by atoms with van der Waals surface area (Å²) in [7, 11) is 2.19. The Morgan fingerprint density at radius 3 is 2.50 bits per heavy atom. The standard InChI is InChI=1S/C6H10BN3O2/c1-8-6-9-3-5(4-10-6)7(11)12-2/h3-4,11H,1-2H3,(H,8,9,10). The lowest BCUT2D eigenvalue weighted by Gasteiger charge is -2.02. The van der Waals surface area contributed by atoms with Gasteiger partial charge in [-0.3, -0.25) is 0 Å². The van der Waals surface area contributed by atoms with E-state index in [1.807, 2.05) is 0 Å². The molecule has 0 unspecified atom stereocenters. The molecule has 64 valence electrons. The molecule has 0 bridgehead atoms. The predicted molar refractivity (Wildman–Crippen MR) is 46.2 cm³/mol. The van der Waals surface area contributed by atoms with E-state index in [-0.39, 0.29) is 0 Å². The van der Waals surface area contributed by atoms with Crippen LogP contribution in [0.5, 0.6) is 0 Å². The predicted octanol–water partition coefficient (Wildman–Crippen LogP) is -1.15. The molecule has 0 fully saturated rings. The van der Waals surface area contributed by atoms with Gasteiger partial charge in [-0.15, -0.1) is 0 Å². The molecular weight excluding hydrogens is 157 g/mol. The Bertz CT molecular complexity index is 241. The molecule has 1 heterocycles. The molecule has 0 radical (unpaired) electrons. The molecule has 2 N–H and O–H groups in total. The molecule has 1 aromatic rings. The lowest BCUT2D eigenvalue weighted by molar-refractivity contribution is 0.341. The van der Waals surface area contributed by atoms with Crippen LogP contribution < -0.4 is 10.8 Å². The monoisotopic (exact) mass is 167 g/mol. The summed E-state index contributed by atoms with van der Waals surface area (Å²) in [6, 6.07) is 0. The molecular formula is C6H10BN3O2. The zero-order chi connectivity index (χ0) is 8.97. The van der Waals surface area contributed by atoms with Gasteiger partial charge in [-0.05, 0) is 0 Å². The number of nitrogens with zero attached hydrogens (tertiary/aromatic N) is 2. The summed E-state index contributed by atoms with van der Waals surface area (Å²) < 4.78 is 4.66. The van der Waals surface area contributed by atoms with Gasteiger partial charge < -0.3 is 15.0 Å². The topological polar surface area (TPSA) is 67.3 Å². The fourth-order valence-electron chi connectivity index (χ4n) is 0.731. The first-order chi connectivity index (χ1) is 5.77. The van der Waals surface area contributed by atoms with Crippen molar-refractivity contribution >= 4 is 18.5 Å². The van der Waals surface area contributed by atoms with Gasteiger partial charge in [0.2, 0.25) is 5.95 Å². The van der Waals surface area contributed by atoms with E-state index in [1.165, 1.54) is 19.5 Å². The number of nitrogens with one attached hydrogen (secondary N) is 1. The average molecular weight is 167 g/mol. The van der Waals surface area contributed by atoms with Crippen LogP contribution in [0.25, 0.3) is 0 Å². The molecule has 1 aromatic heterocycles. The maximum absolute atomic E-state index is 9.17. The van der Waals surface area contributed by atoms with Crippen LogP contribution in [0, 0.1) is 0 Å². The second kappa shape index (κ2) is 4.03. The minimum absolute atomic E-state index is 0.516. The largest absolute Gasteiger partial charge is 0.494 e. The van der Waals surface area contributed by atoms with Crippen LogP contribution in [-0.2, 0) is 4.65 Å². The lowest BCUT2D eigenvalue weighted by atomic mass is 9.82. The molecule has 0 saturated heterocycles. The highest BCUT2D eigenvalue weighted by molar-refractivity contribution is 6.59. The van der Waals surface area contributed by atoms with E-state index in [9.17, 15) is 5.02 Å². The average Bonchev–Trinajstić information content (AvgIpc) is 2.17. The Hall–Kier alpha value is -1.14. The Morgan fingerprint density at radius 1 is 1.50 bits per heavy atom. The molecule has 1 rings (SSSR count). The third-order valence-electron chi connectivity index (χ3n) is 1.40. The second-order valence-corrected chi connectivity index (χ2v) is 2.18. The van der Waals surface area contributed by atoms with Crippen molar-refractivity contribution < 1.29 is 9.68 Å². The fourth-order valence-corrected chi connectivity index (χ4v) is 0.731. The van der Waals surface area contributed by atoms with E-state index in [1.54, 1.807) is 7.05 Å². The van der Waals surface area contributed by atoms with Gasteiger partial charge in [-0.2, -0.15) is 0 Å². The molecule has 0 spiro atoms. The molecule has 0 aliphatic rings. The maximum Gasteiger partial charge on any atom is 0.494 e. The molecule has 0 saturated carbocycles. The van der Waals surface area contributed by atoms with E-state index in [2.05, 4.69) is 19.9 Å². The van der Waals surface area contributed by atoms with Gasteiger partial charge in [0.25, 0.3) is 0 Å². The van der Waals surface area contributed by atoms with Crippen molar-refractivity contribution in [2.75, 3.05) is 19.5 Å². The van der Waals surface area contributed by atoms with E-state index >= 15 is 0 Å². The molecule has 0 aliphatic heterocycles. The number of hydrogen-bond acceptors (Lipinski definition) is 5. The van der Waals surface area contributed by atoms with Crippen molar-refractivity contribution in [1.29, 1.82) is 0 Å². The van der Waals surface area contributed by atoms with Gasteiger partial charge in [-0.25, -0.2) is 9.97 Å². The number of anilines is 1. The first-order valence-corrected chi connectivity index (χ1v) is 3.48. The van der Waals surface area contributed by atoms with Crippen LogP contribution in [0.3, 0.4) is 0 Å². The van der Waals surface area contributed by atoms with Gasteiger partial charge in [0.15, 0.2) is 0 Å². The molecule has 0 atom stereocenters. The Kier molecular flexibility index (Phi) is 3.01. The zero-order valence-electron chi connectivity index (χ0n) is 6.98. The van der Waals surface area contributed by atoms with Crippen LogP contribution in [0.2, 0.25) is 0 Å². The second-order valence-electron chi connectivity index (χ2n) is 2.18. The van der Waals surface area contributed by atoms with Crippen molar-refractivity contribution in [2.24, 2.45) is 0 Å². The molecule has 0 aliphatic carbocycles. The minimum atomic E-state index is -0.948. The SMILES string of the molecule is CNc1ncc(B(O)OC)cn1. The summed E-state index contributed by atoms with van der Waals surface area (Å²) >= 11 is 0. The Morgan fingerprint density at radius 2 is 2.08 bits per heavy atom. The van der Waals surface area contributed by atoms with Crippen LogP contribution >= 0.6 is 0 Å². The van der Waals surface area contributed by atoms with Crippen molar-refractivity contribution in [2.45, 2.75) is 0 Å². The van der Waals surface area contributed by atoms with E-state index in [0.717, 1.165) is 0 Å². The first-order valence-electron chi connectivity index (χ1n) is 3.48. The highest BCUT2D eigenvalue weighted by Crippen LogP contribution is 1.90. The summed E-state index contributed by atoms with van der Waals surface area (Å²) in [6.07, 6.45) is 3.01. The van der Waals surface area contributed by atoms with E-state index in [0.29, 0.717) is 11.4 Å². The highest BCUT2D eigenvalue weighted by atomic mass is 16.5. The van der Waals surface area contributed by atoms with Crippen LogP contribution in [0.4, 0.5) is 5.95 Å². The zero-order valence-corrected chi connectivity index (χ0v) is 6.98. The molecule has 5 nitrogen and oxygen atoms in total. The summed E-state index contributed by atoms with van der Waals surface area (Å²) in [5.74, 6) is 0.516. The van der Waals surface area contributed by atoms with Gasteiger partial charge in [-0.1, -0.05) is 0 Å². The Labute approximate surface area is 71.0 Å². The first kappa shape index (κ1) is 8.96. The fraction of sp³-hybridized carbons (Fsp3) is 0.333. The molecule has 12 heavy (non-hydrogen) atoms. The lowest BCUT2D eigenvalue weighted by Crippen LogP contribution is -2.33. The molecule has 0 aromatic carbocycles. The smallest absolute Gasteiger partial charge is 0.423 e. The number of rotatable bonds is 3. The molecule has 0 amide bonds. The summed E-state index contributed by atoms with van der Waals surface area (Å²) in [5.41, 5.74) is 0.538. The third-order valence-corrected chi connectivity index (χ3v) is 1.40. The van der Waals surface area contributed by atoms with Gasteiger partial charge in [0.1, 0.15) is 0 Å². The normalized spacial score (nSPS) is 9.58. The van der Waals surface area contributed by atoms with E-state index < -0.39 is 7.12 Å². The van der Waals surface area contributed by atoms with Crippen molar-refractivity contribution in [1.82, 2.24) is 9.97 Å². The van der Waals surface area contributed by atoms with Crippen molar-refractivity contribution in [3.63, 3.8) is 0 Å². The van der Waals surface area contributed by atoms with Crippen LogP contribution in [0.1, 0.15) is 0 Å². The van der Waals surface area contributed by atoms with Crippen LogP contribution in [-0.4, -0.2) is 36.3 Å².